The van der Waals surface area contributed by atoms with Crippen LogP contribution in [-0.4, -0.2) is 31.3 Å². The SMILES string of the molecule is CC(C)(C)OC(=O)NC[C@]1(C2CC2)CCNC1. The van der Waals surface area contributed by atoms with Crippen molar-refractivity contribution in [3.05, 3.63) is 0 Å². The summed E-state index contributed by atoms with van der Waals surface area (Å²) in [6.07, 6.45) is 3.52. The fourth-order valence-corrected chi connectivity index (χ4v) is 2.66. The summed E-state index contributed by atoms with van der Waals surface area (Å²) in [7, 11) is 0. The summed E-state index contributed by atoms with van der Waals surface area (Å²) in [5, 5.41) is 6.36. The van der Waals surface area contributed by atoms with Gasteiger partial charge in [0.2, 0.25) is 0 Å². The highest BCUT2D eigenvalue weighted by Crippen LogP contribution is 2.48. The first kappa shape index (κ1) is 12.7. The molecule has 0 bridgehead atoms. The van der Waals surface area contributed by atoms with Crippen LogP contribution in [0.1, 0.15) is 40.0 Å². The van der Waals surface area contributed by atoms with Crippen molar-refractivity contribution in [3.63, 3.8) is 0 Å². The van der Waals surface area contributed by atoms with Crippen molar-refractivity contribution in [2.24, 2.45) is 11.3 Å². The second-order valence-electron chi connectivity index (χ2n) is 6.42. The molecule has 2 aliphatic rings. The van der Waals surface area contributed by atoms with Gasteiger partial charge in [0.25, 0.3) is 0 Å². The van der Waals surface area contributed by atoms with Gasteiger partial charge < -0.3 is 15.4 Å². The Balaban J connectivity index is 1.82. The molecule has 98 valence electrons. The maximum atomic E-state index is 11.6. The third-order valence-corrected chi connectivity index (χ3v) is 3.70. The maximum absolute atomic E-state index is 11.6. The highest BCUT2D eigenvalue weighted by Gasteiger charge is 2.46. The Morgan fingerprint density at radius 1 is 1.47 bits per heavy atom. The van der Waals surface area contributed by atoms with Crippen LogP contribution in [0.25, 0.3) is 0 Å². The topological polar surface area (TPSA) is 50.4 Å². The van der Waals surface area contributed by atoms with E-state index in [9.17, 15) is 4.79 Å². The normalized spacial score (nSPS) is 29.1. The Morgan fingerprint density at radius 3 is 2.65 bits per heavy atom. The average Bonchev–Trinajstić information content (AvgIpc) is 2.94. The minimum atomic E-state index is -0.412. The minimum absolute atomic E-state index is 0.288. The first-order valence-corrected chi connectivity index (χ1v) is 6.59. The van der Waals surface area contributed by atoms with E-state index in [4.69, 9.17) is 4.74 Å². The van der Waals surface area contributed by atoms with Crippen LogP contribution in [0.4, 0.5) is 4.79 Å². The van der Waals surface area contributed by atoms with Crippen LogP contribution >= 0.6 is 0 Å². The van der Waals surface area contributed by atoms with Gasteiger partial charge in [-0.05, 0) is 52.5 Å². The summed E-state index contributed by atoms with van der Waals surface area (Å²) in [5.74, 6) is 0.799. The van der Waals surface area contributed by atoms with Crippen molar-refractivity contribution in [3.8, 4) is 0 Å². The van der Waals surface area contributed by atoms with Crippen molar-refractivity contribution in [2.45, 2.75) is 45.6 Å². The molecule has 0 unspecified atom stereocenters. The number of amides is 1. The third-order valence-electron chi connectivity index (χ3n) is 3.70. The predicted molar refractivity (Wildman–Crippen MR) is 66.9 cm³/mol. The Kier molecular flexibility index (Phi) is 3.34. The zero-order chi connectivity index (χ0) is 12.5. The monoisotopic (exact) mass is 240 g/mol. The fourth-order valence-electron chi connectivity index (χ4n) is 2.66. The number of ether oxygens (including phenoxy) is 1. The van der Waals surface area contributed by atoms with Crippen LogP contribution < -0.4 is 10.6 Å². The van der Waals surface area contributed by atoms with Crippen LogP contribution in [0.5, 0.6) is 0 Å². The lowest BCUT2D eigenvalue weighted by Gasteiger charge is -2.29. The molecule has 4 nitrogen and oxygen atoms in total. The number of hydrogen-bond donors (Lipinski definition) is 2. The summed E-state index contributed by atoms with van der Waals surface area (Å²) in [4.78, 5) is 11.6. The van der Waals surface area contributed by atoms with Gasteiger partial charge in [-0.25, -0.2) is 4.79 Å². The van der Waals surface area contributed by atoms with E-state index in [1.165, 1.54) is 19.3 Å². The molecular formula is C13H24N2O2. The van der Waals surface area contributed by atoms with E-state index in [1.54, 1.807) is 0 Å². The van der Waals surface area contributed by atoms with E-state index < -0.39 is 5.60 Å². The minimum Gasteiger partial charge on any atom is -0.444 e. The summed E-state index contributed by atoms with van der Waals surface area (Å²) < 4.78 is 5.27. The molecule has 17 heavy (non-hydrogen) atoms. The molecule has 1 aliphatic carbocycles. The van der Waals surface area contributed by atoms with Crippen molar-refractivity contribution in [2.75, 3.05) is 19.6 Å². The lowest BCUT2D eigenvalue weighted by molar-refractivity contribution is 0.0497. The fraction of sp³-hybridized carbons (Fsp3) is 0.923. The van der Waals surface area contributed by atoms with Crippen LogP contribution in [0.3, 0.4) is 0 Å². The van der Waals surface area contributed by atoms with Gasteiger partial charge in [0.05, 0.1) is 0 Å². The van der Waals surface area contributed by atoms with Crippen molar-refractivity contribution in [1.29, 1.82) is 0 Å². The standard InChI is InChI=1S/C13H24N2O2/c1-12(2,3)17-11(16)15-9-13(10-4-5-10)6-7-14-8-13/h10,14H,4-9H2,1-3H3,(H,15,16)/t13-/m0/s1. The van der Waals surface area contributed by atoms with Crippen molar-refractivity contribution < 1.29 is 9.53 Å². The molecule has 2 N–H and O–H groups in total. The Hall–Kier alpha value is -0.770. The van der Waals surface area contributed by atoms with Gasteiger partial charge >= 0.3 is 6.09 Å². The smallest absolute Gasteiger partial charge is 0.407 e. The Bertz CT molecular complexity index is 286. The molecule has 1 atom stereocenters. The van der Waals surface area contributed by atoms with Crippen molar-refractivity contribution >= 4 is 6.09 Å². The number of carbonyl (C=O) groups excluding carboxylic acids is 1. The third kappa shape index (κ3) is 3.35. The molecule has 0 aromatic heterocycles. The van der Waals surface area contributed by atoms with E-state index in [0.29, 0.717) is 0 Å². The van der Waals surface area contributed by atoms with E-state index in [0.717, 1.165) is 25.6 Å². The summed E-state index contributed by atoms with van der Waals surface area (Å²) in [5.41, 5.74) is -0.123. The first-order valence-electron chi connectivity index (χ1n) is 6.59. The molecule has 1 heterocycles. The van der Waals surface area contributed by atoms with E-state index in [1.807, 2.05) is 20.8 Å². The van der Waals surface area contributed by atoms with Gasteiger partial charge in [0.15, 0.2) is 0 Å². The molecule has 0 aromatic carbocycles. The lowest BCUT2D eigenvalue weighted by Crippen LogP contribution is -2.42. The summed E-state index contributed by atoms with van der Waals surface area (Å²) in [6.45, 7) is 8.53. The van der Waals surface area contributed by atoms with E-state index >= 15 is 0 Å². The van der Waals surface area contributed by atoms with E-state index in [2.05, 4.69) is 10.6 Å². The molecule has 1 aliphatic heterocycles. The molecule has 1 amide bonds. The number of hydrogen-bond acceptors (Lipinski definition) is 3. The van der Waals surface area contributed by atoms with Gasteiger partial charge in [-0.1, -0.05) is 0 Å². The zero-order valence-electron chi connectivity index (χ0n) is 11.1. The number of rotatable bonds is 3. The molecular weight excluding hydrogens is 216 g/mol. The molecule has 0 spiro atoms. The van der Waals surface area contributed by atoms with E-state index in [-0.39, 0.29) is 11.5 Å². The molecule has 0 radical (unpaired) electrons. The van der Waals surface area contributed by atoms with Gasteiger partial charge in [-0.2, -0.15) is 0 Å². The molecule has 1 saturated carbocycles. The van der Waals surface area contributed by atoms with Gasteiger partial charge in [-0.15, -0.1) is 0 Å². The number of carbonyl (C=O) groups is 1. The molecule has 2 fully saturated rings. The van der Waals surface area contributed by atoms with Crippen LogP contribution in [0.2, 0.25) is 0 Å². The Morgan fingerprint density at radius 2 is 2.18 bits per heavy atom. The molecule has 4 heteroatoms. The van der Waals surface area contributed by atoms with Gasteiger partial charge in [0.1, 0.15) is 5.60 Å². The number of alkyl carbamates (subject to hydrolysis) is 1. The highest BCUT2D eigenvalue weighted by atomic mass is 16.6. The zero-order valence-corrected chi connectivity index (χ0v) is 11.1. The van der Waals surface area contributed by atoms with Crippen LogP contribution in [0, 0.1) is 11.3 Å². The Labute approximate surface area is 103 Å². The predicted octanol–water partition coefficient (Wildman–Crippen LogP) is 1.90. The second-order valence-corrected chi connectivity index (χ2v) is 6.42. The second kappa shape index (κ2) is 4.48. The van der Waals surface area contributed by atoms with Gasteiger partial charge in [-0.3, -0.25) is 0 Å². The highest BCUT2D eigenvalue weighted by molar-refractivity contribution is 5.67. The van der Waals surface area contributed by atoms with Gasteiger partial charge in [0, 0.05) is 18.5 Å². The van der Waals surface area contributed by atoms with Crippen LogP contribution in [0.15, 0.2) is 0 Å². The summed E-state index contributed by atoms with van der Waals surface area (Å²) >= 11 is 0. The first-order chi connectivity index (χ1) is 7.91. The molecule has 0 aromatic rings. The lowest BCUT2D eigenvalue weighted by atomic mass is 9.82. The largest absolute Gasteiger partial charge is 0.444 e. The van der Waals surface area contributed by atoms with Crippen LogP contribution in [-0.2, 0) is 4.74 Å². The summed E-state index contributed by atoms with van der Waals surface area (Å²) in [6, 6.07) is 0. The molecule has 1 saturated heterocycles. The maximum Gasteiger partial charge on any atom is 0.407 e. The molecule has 2 rings (SSSR count). The average molecular weight is 240 g/mol. The number of nitrogens with one attached hydrogen (secondary N) is 2. The quantitative estimate of drug-likeness (QED) is 0.792. The van der Waals surface area contributed by atoms with Crippen molar-refractivity contribution in [1.82, 2.24) is 10.6 Å².